The molecule has 21 heavy (non-hydrogen) atoms. The molecule has 5 rings (SSSR count). The number of rotatable bonds is 1. The van der Waals surface area contributed by atoms with Crippen LogP contribution in [0.2, 0.25) is 0 Å². The minimum absolute atomic E-state index is 0.910. The second-order valence-electron chi connectivity index (χ2n) is 5.17. The Morgan fingerprint density at radius 3 is 2.76 bits per heavy atom. The fraction of sp³-hybridized carbons (Fsp3) is 0. The Labute approximate surface area is 124 Å². The van der Waals surface area contributed by atoms with E-state index in [-0.39, 0.29) is 0 Å². The number of hydrogen-bond donors (Lipinski definition) is 1. The van der Waals surface area contributed by atoms with E-state index in [9.17, 15) is 0 Å². The number of fused-ring (bicyclic) bond motifs is 5. The predicted molar refractivity (Wildman–Crippen MR) is 88.9 cm³/mol. The zero-order valence-corrected chi connectivity index (χ0v) is 11.9. The summed E-state index contributed by atoms with van der Waals surface area (Å²) >= 11 is 1.84. The average Bonchev–Trinajstić information content (AvgIpc) is 3.22. The van der Waals surface area contributed by atoms with Gasteiger partial charge in [0, 0.05) is 26.6 Å². The molecule has 2 aromatic carbocycles. The van der Waals surface area contributed by atoms with Crippen LogP contribution < -0.4 is 0 Å². The molecule has 0 aliphatic carbocycles. The third kappa shape index (κ3) is 1.52. The molecular weight excluding hydrogens is 278 g/mol. The van der Waals surface area contributed by atoms with Crippen LogP contribution >= 0.6 is 11.3 Å². The number of para-hydroxylation sites is 1. The molecule has 3 heterocycles. The van der Waals surface area contributed by atoms with E-state index in [4.69, 9.17) is 4.42 Å². The van der Waals surface area contributed by atoms with Gasteiger partial charge in [0.15, 0.2) is 0 Å². The van der Waals surface area contributed by atoms with E-state index in [0.29, 0.717) is 0 Å². The van der Waals surface area contributed by atoms with Gasteiger partial charge in [0.2, 0.25) is 0 Å². The molecule has 0 bridgehead atoms. The largest absolute Gasteiger partial charge is 0.464 e. The molecule has 0 aliphatic rings. The van der Waals surface area contributed by atoms with Gasteiger partial charge >= 0.3 is 0 Å². The van der Waals surface area contributed by atoms with Crippen LogP contribution in [0.5, 0.6) is 0 Å². The van der Waals surface area contributed by atoms with Crippen LogP contribution in [-0.4, -0.2) is 4.98 Å². The van der Waals surface area contributed by atoms with Crippen molar-refractivity contribution in [1.29, 1.82) is 0 Å². The van der Waals surface area contributed by atoms with Crippen LogP contribution in [0.15, 0.2) is 65.3 Å². The molecule has 0 amide bonds. The van der Waals surface area contributed by atoms with Crippen LogP contribution in [0.3, 0.4) is 0 Å². The van der Waals surface area contributed by atoms with Crippen molar-refractivity contribution < 1.29 is 4.42 Å². The van der Waals surface area contributed by atoms with Crippen LogP contribution in [0.4, 0.5) is 0 Å². The summed E-state index contributed by atoms with van der Waals surface area (Å²) in [5, 5.41) is 2.56. The molecule has 3 aromatic heterocycles. The van der Waals surface area contributed by atoms with E-state index in [1.54, 1.807) is 6.26 Å². The van der Waals surface area contributed by atoms with E-state index >= 15 is 0 Å². The molecule has 0 atom stereocenters. The lowest BCUT2D eigenvalue weighted by atomic mass is 10.1. The third-order valence-corrected chi connectivity index (χ3v) is 5.13. The highest BCUT2D eigenvalue weighted by molar-refractivity contribution is 7.26. The standard InChI is InChI=1S/C18H11NOS/c1-2-5-14-12(4-1)18-17(19-14)13-10-11(7-8-16(13)21-18)15-6-3-9-20-15/h1-10,19H. The van der Waals surface area contributed by atoms with Gasteiger partial charge in [0.25, 0.3) is 0 Å². The number of H-pyrrole nitrogens is 1. The first-order chi connectivity index (χ1) is 10.4. The van der Waals surface area contributed by atoms with Crippen LogP contribution in [0.1, 0.15) is 0 Å². The number of nitrogens with one attached hydrogen (secondary N) is 1. The Balaban J connectivity index is 1.89. The number of hydrogen-bond acceptors (Lipinski definition) is 2. The van der Waals surface area contributed by atoms with E-state index in [1.807, 2.05) is 23.5 Å². The van der Waals surface area contributed by atoms with E-state index in [0.717, 1.165) is 11.3 Å². The van der Waals surface area contributed by atoms with Gasteiger partial charge in [0.1, 0.15) is 5.76 Å². The maximum Gasteiger partial charge on any atom is 0.133 e. The number of benzene rings is 2. The van der Waals surface area contributed by atoms with E-state index in [2.05, 4.69) is 47.4 Å². The van der Waals surface area contributed by atoms with Gasteiger partial charge in [-0.25, -0.2) is 0 Å². The highest BCUT2D eigenvalue weighted by Gasteiger charge is 2.12. The Morgan fingerprint density at radius 2 is 1.86 bits per heavy atom. The second-order valence-corrected chi connectivity index (χ2v) is 6.22. The Morgan fingerprint density at radius 1 is 0.905 bits per heavy atom. The van der Waals surface area contributed by atoms with Crippen LogP contribution in [0, 0.1) is 0 Å². The summed E-state index contributed by atoms with van der Waals surface area (Å²) in [7, 11) is 0. The molecule has 0 saturated heterocycles. The first-order valence-corrected chi connectivity index (χ1v) is 7.69. The average molecular weight is 289 g/mol. The highest BCUT2D eigenvalue weighted by atomic mass is 32.1. The monoisotopic (exact) mass is 289 g/mol. The molecule has 0 saturated carbocycles. The maximum absolute atomic E-state index is 5.51. The lowest BCUT2D eigenvalue weighted by molar-refractivity contribution is 0.582. The molecule has 0 fully saturated rings. The fourth-order valence-electron chi connectivity index (χ4n) is 2.93. The molecule has 100 valence electrons. The van der Waals surface area contributed by atoms with Crippen molar-refractivity contribution >= 4 is 42.5 Å². The molecule has 0 spiro atoms. The molecule has 0 aliphatic heterocycles. The quantitative estimate of drug-likeness (QED) is 0.415. The summed E-state index contributed by atoms with van der Waals surface area (Å²) in [5.74, 6) is 0.910. The van der Waals surface area contributed by atoms with Crippen molar-refractivity contribution in [3.8, 4) is 11.3 Å². The van der Waals surface area contributed by atoms with Crippen LogP contribution in [0.25, 0.3) is 42.5 Å². The van der Waals surface area contributed by atoms with Crippen molar-refractivity contribution in [1.82, 2.24) is 4.98 Å². The van der Waals surface area contributed by atoms with Crippen molar-refractivity contribution in [3.05, 3.63) is 60.9 Å². The second kappa shape index (κ2) is 3.99. The summed E-state index contributed by atoms with van der Waals surface area (Å²) in [6, 6.07) is 18.9. The maximum atomic E-state index is 5.51. The first-order valence-electron chi connectivity index (χ1n) is 6.87. The highest BCUT2D eigenvalue weighted by Crippen LogP contribution is 2.39. The van der Waals surface area contributed by atoms with Crippen molar-refractivity contribution in [2.24, 2.45) is 0 Å². The topological polar surface area (TPSA) is 28.9 Å². The third-order valence-electron chi connectivity index (χ3n) is 3.93. The fourth-order valence-corrected chi connectivity index (χ4v) is 4.11. The van der Waals surface area contributed by atoms with Gasteiger partial charge < -0.3 is 9.40 Å². The predicted octanol–water partition coefficient (Wildman–Crippen LogP) is 5.80. The lowest BCUT2D eigenvalue weighted by Crippen LogP contribution is -1.73. The van der Waals surface area contributed by atoms with Crippen molar-refractivity contribution in [2.45, 2.75) is 0 Å². The molecular formula is C18H11NOS. The van der Waals surface area contributed by atoms with Gasteiger partial charge in [-0.05, 0) is 36.4 Å². The number of furan rings is 1. The first kappa shape index (κ1) is 11.2. The Hall–Kier alpha value is -2.52. The Bertz CT molecular complexity index is 1080. The molecule has 1 N–H and O–H groups in total. The molecule has 0 radical (unpaired) electrons. The number of thiophene rings is 1. The Kier molecular flexibility index (Phi) is 2.12. The van der Waals surface area contributed by atoms with Crippen LogP contribution in [-0.2, 0) is 0 Å². The summed E-state index contributed by atoms with van der Waals surface area (Å²) in [5.41, 5.74) is 3.54. The zero-order valence-electron chi connectivity index (χ0n) is 11.1. The molecule has 0 unspecified atom stereocenters. The molecule has 2 nitrogen and oxygen atoms in total. The summed E-state index contributed by atoms with van der Waals surface area (Å²) in [6.07, 6.45) is 1.71. The summed E-state index contributed by atoms with van der Waals surface area (Å²) < 4.78 is 8.14. The number of aromatic nitrogens is 1. The molecule has 3 heteroatoms. The lowest BCUT2D eigenvalue weighted by Gasteiger charge is -1.97. The van der Waals surface area contributed by atoms with Gasteiger partial charge in [-0.3, -0.25) is 0 Å². The SMILES string of the molecule is c1coc(-c2ccc3sc4c5ccccc5[nH]c4c3c2)c1. The minimum Gasteiger partial charge on any atom is -0.464 e. The van der Waals surface area contributed by atoms with E-state index in [1.165, 1.54) is 31.2 Å². The summed E-state index contributed by atoms with van der Waals surface area (Å²) in [4.78, 5) is 3.55. The van der Waals surface area contributed by atoms with Crippen molar-refractivity contribution in [2.75, 3.05) is 0 Å². The minimum atomic E-state index is 0.910. The number of aromatic amines is 1. The smallest absolute Gasteiger partial charge is 0.133 e. The van der Waals surface area contributed by atoms with Crippen molar-refractivity contribution in [3.63, 3.8) is 0 Å². The normalized spacial score (nSPS) is 11.8. The van der Waals surface area contributed by atoms with E-state index < -0.39 is 0 Å². The van der Waals surface area contributed by atoms with Gasteiger partial charge in [-0.15, -0.1) is 11.3 Å². The zero-order chi connectivity index (χ0) is 13.8. The summed E-state index contributed by atoms with van der Waals surface area (Å²) in [6.45, 7) is 0. The van der Waals surface area contributed by atoms with Gasteiger partial charge in [-0.2, -0.15) is 0 Å². The van der Waals surface area contributed by atoms with Gasteiger partial charge in [-0.1, -0.05) is 18.2 Å². The molecule has 5 aromatic rings. The van der Waals surface area contributed by atoms with Gasteiger partial charge in [0.05, 0.1) is 16.5 Å².